The molecule has 0 aliphatic rings. The van der Waals surface area contributed by atoms with E-state index < -0.39 is 28.7 Å². The predicted molar refractivity (Wildman–Crippen MR) is 147 cm³/mol. The summed E-state index contributed by atoms with van der Waals surface area (Å²) in [5, 5.41) is 0. The molecule has 0 spiro atoms. The van der Waals surface area contributed by atoms with Gasteiger partial charge in [0, 0.05) is 11.1 Å². The fraction of sp³-hybridized carbons (Fsp3) is 0.667. The molecule has 1 unspecified atom stereocenters. The lowest BCUT2D eigenvalue weighted by Gasteiger charge is -2.28. The maximum Gasteiger partial charge on any atom is 0.334 e. The van der Waals surface area contributed by atoms with Gasteiger partial charge >= 0.3 is 23.9 Å². The van der Waals surface area contributed by atoms with Gasteiger partial charge in [-0.25, -0.2) is 9.59 Å². The van der Waals surface area contributed by atoms with E-state index in [-0.39, 0.29) is 38.0 Å². The highest BCUT2D eigenvalue weighted by Gasteiger charge is 2.35. The molecule has 0 aliphatic carbocycles. The summed E-state index contributed by atoms with van der Waals surface area (Å²) in [4.78, 5) is 49.0. The highest BCUT2D eigenvalue weighted by Crippen LogP contribution is 2.33. The fourth-order valence-corrected chi connectivity index (χ4v) is 3.39. The highest BCUT2D eigenvalue weighted by molar-refractivity contribution is 5.89. The van der Waals surface area contributed by atoms with E-state index in [1.807, 2.05) is 41.5 Å². The number of hydrogen-bond donors (Lipinski definition) is 0. The van der Waals surface area contributed by atoms with Crippen molar-refractivity contribution in [3.63, 3.8) is 0 Å². The van der Waals surface area contributed by atoms with Crippen molar-refractivity contribution in [1.82, 2.24) is 0 Å². The minimum absolute atomic E-state index is 0.0272. The minimum atomic E-state index is -0.772. The van der Waals surface area contributed by atoms with Crippen LogP contribution in [0.15, 0.2) is 34.4 Å². The van der Waals surface area contributed by atoms with Crippen LogP contribution < -0.4 is 0 Å². The number of esters is 4. The second-order valence-electron chi connectivity index (χ2n) is 10.9. The first kappa shape index (κ1) is 35.1. The SMILES string of the molecule is C=C(C)C(=O)OCCOC(=O)C(C)(CC)CCCC(C)(C)C(=O)OCCOC(=O)/C(C)=C(\C)C(C)=C(C)C. The third kappa shape index (κ3) is 11.7. The molecular weight excluding hydrogens is 488 g/mol. The van der Waals surface area contributed by atoms with Crippen molar-refractivity contribution < 1.29 is 38.1 Å². The zero-order valence-electron chi connectivity index (χ0n) is 25.1. The number of ether oxygens (including phenoxy) is 4. The molecule has 0 aromatic rings. The molecule has 38 heavy (non-hydrogen) atoms. The molecule has 0 N–H and O–H groups in total. The Kier molecular flexibility index (Phi) is 14.9. The maximum absolute atomic E-state index is 12.6. The summed E-state index contributed by atoms with van der Waals surface area (Å²) in [6, 6.07) is 0. The van der Waals surface area contributed by atoms with Crippen LogP contribution in [0.25, 0.3) is 0 Å². The van der Waals surface area contributed by atoms with Crippen molar-refractivity contribution >= 4 is 23.9 Å². The van der Waals surface area contributed by atoms with Crippen LogP contribution in [0.2, 0.25) is 0 Å². The van der Waals surface area contributed by atoms with Gasteiger partial charge in [-0.1, -0.05) is 25.5 Å². The van der Waals surface area contributed by atoms with Crippen molar-refractivity contribution in [2.45, 2.75) is 94.9 Å². The van der Waals surface area contributed by atoms with Crippen LogP contribution >= 0.6 is 0 Å². The molecule has 0 heterocycles. The first-order valence-corrected chi connectivity index (χ1v) is 13.2. The zero-order valence-corrected chi connectivity index (χ0v) is 25.1. The highest BCUT2D eigenvalue weighted by atomic mass is 16.6. The van der Waals surface area contributed by atoms with Crippen molar-refractivity contribution in [2.24, 2.45) is 10.8 Å². The summed E-state index contributed by atoms with van der Waals surface area (Å²) in [5.41, 5.74) is 2.37. The Morgan fingerprint density at radius 3 is 1.58 bits per heavy atom. The molecule has 1 atom stereocenters. The number of allylic oxidation sites excluding steroid dienone is 3. The lowest BCUT2D eigenvalue weighted by Crippen LogP contribution is -2.32. The molecule has 0 saturated heterocycles. The third-order valence-corrected chi connectivity index (χ3v) is 6.98. The van der Waals surface area contributed by atoms with Gasteiger partial charge in [0.1, 0.15) is 26.4 Å². The van der Waals surface area contributed by atoms with Crippen LogP contribution in [0, 0.1) is 10.8 Å². The van der Waals surface area contributed by atoms with Crippen molar-refractivity contribution in [3.8, 4) is 0 Å². The molecule has 0 radical (unpaired) electrons. The molecule has 0 saturated carbocycles. The van der Waals surface area contributed by atoms with Crippen molar-refractivity contribution in [3.05, 3.63) is 34.4 Å². The molecule has 216 valence electrons. The Morgan fingerprint density at radius 1 is 0.632 bits per heavy atom. The van der Waals surface area contributed by atoms with Gasteiger partial charge in [0.2, 0.25) is 0 Å². The largest absolute Gasteiger partial charge is 0.462 e. The van der Waals surface area contributed by atoms with Crippen LogP contribution in [0.5, 0.6) is 0 Å². The average Bonchev–Trinajstić information content (AvgIpc) is 2.86. The Bertz CT molecular complexity index is 934. The Hall–Kier alpha value is -2.90. The lowest BCUT2D eigenvalue weighted by molar-refractivity contribution is -0.160. The van der Waals surface area contributed by atoms with E-state index in [4.69, 9.17) is 18.9 Å². The standard InChI is InChI=1S/C30H48O8/c1-12-30(11,28(34)38-19-16-35-25(31)21(4)5)15-13-14-29(9,10)27(33)37-18-17-36-26(32)24(8)23(7)22(6)20(2)3/h4,12-19H2,1-3,5-11H3/b24-23+. The quantitative estimate of drug-likeness (QED) is 0.0773. The first-order valence-electron chi connectivity index (χ1n) is 13.2. The second-order valence-corrected chi connectivity index (χ2v) is 10.9. The smallest absolute Gasteiger partial charge is 0.334 e. The second kappa shape index (κ2) is 16.1. The van der Waals surface area contributed by atoms with Gasteiger partial charge in [-0.15, -0.1) is 0 Å². The molecule has 0 aliphatic heterocycles. The normalized spacial score (nSPS) is 13.4. The number of hydrogen-bond acceptors (Lipinski definition) is 8. The van der Waals surface area contributed by atoms with Gasteiger partial charge in [-0.2, -0.15) is 0 Å². The summed E-state index contributed by atoms with van der Waals surface area (Å²) < 4.78 is 20.9. The molecule has 0 aromatic heterocycles. The Balaban J connectivity index is 4.64. The van der Waals surface area contributed by atoms with Gasteiger partial charge in [0.15, 0.2) is 0 Å². The fourth-order valence-electron chi connectivity index (χ4n) is 3.39. The Morgan fingerprint density at radius 2 is 1.11 bits per heavy atom. The summed E-state index contributed by atoms with van der Waals surface area (Å²) in [7, 11) is 0. The molecule has 8 nitrogen and oxygen atoms in total. The number of carbonyl (C=O) groups excluding carboxylic acids is 4. The summed E-state index contributed by atoms with van der Waals surface area (Å²) in [5.74, 6) is -1.72. The molecule has 0 rings (SSSR count). The zero-order chi connectivity index (χ0) is 29.7. The average molecular weight is 537 g/mol. The van der Waals surface area contributed by atoms with E-state index in [1.54, 1.807) is 27.7 Å². The molecular formula is C30H48O8. The predicted octanol–water partition coefficient (Wildman–Crippen LogP) is 6.04. The van der Waals surface area contributed by atoms with Crippen molar-refractivity contribution in [1.29, 1.82) is 0 Å². The summed E-state index contributed by atoms with van der Waals surface area (Å²) in [6.45, 7) is 21.8. The van der Waals surface area contributed by atoms with Crippen LogP contribution in [0.3, 0.4) is 0 Å². The topological polar surface area (TPSA) is 105 Å². The van der Waals surface area contributed by atoms with Crippen LogP contribution in [-0.2, 0) is 38.1 Å². The van der Waals surface area contributed by atoms with E-state index in [0.717, 1.165) is 16.7 Å². The van der Waals surface area contributed by atoms with Crippen LogP contribution in [0.4, 0.5) is 0 Å². The maximum atomic E-state index is 12.6. The van der Waals surface area contributed by atoms with E-state index in [0.29, 0.717) is 31.3 Å². The van der Waals surface area contributed by atoms with Gasteiger partial charge in [-0.05, 0) is 92.7 Å². The van der Waals surface area contributed by atoms with E-state index in [2.05, 4.69) is 6.58 Å². The molecule has 0 aromatic carbocycles. The first-order chi connectivity index (χ1) is 17.5. The number of rotatable bonds is 16. The monoisotopic (exact) mass is 536 g/mol. The molecule has 0 fully saturated rings. The van der Waals surface area contributed by atoms with E-state index in [9.17, 15) is 19.2 Å². The van der Waals surface area contributed by atoms with Gasteiger partial charge in [0.25, 0.3) is 0 Å². The van der Waals surface area contributed by atoms with Gasteiger partial charge < -0.3 is 18.9 Å². The van der Waals surface area contributed by atoms with E-state index >= 15 is 0 Å². The van der Waals surface area contributed by atoms with E-state index in [1.165, 1.54) is 0 Å². The van der Waals surface area contributed by atoms with Crippen LogP contribution in [-0.4, -0.2) is 50.3 Å². The molecule has 8 heteroatoms. The van der Waals surface area contributed by atoms with Crippen molar-refractivity contribution in [2.75, 3.05) is 26.4 Å². The number of carbonyl (C=O) groups is 4. The van der Waals surface area contributed by atoms with Gasteiger partial charge in [0.05, 0.1) is 10.8 Å². The van der Waals surface area contributed by atoms with Gasteiger partial charge in [-0.3, -0.25) is 9.59 Å². The van der Waals surface area contributed by atoms with Crippen LogP contribution in [0.1, 0.15) is 94.9 Å². The summed E-state index contributed by atoms with van der Waals surface area (Å²) >= 11 is 0. The third-order valence-electron chi connectivity index (χ3n) is 6.98. The summed E-state index contributed by atoms with van der Waals surface area (Å²) in [6.07, 6.45) is 2.20. The Labute approximate surface area is 228 Å². The lowest BCUT2D eigenvalue weighted by atomic mass is 9.79. The molecule has 0 bridgehead atoms. The molecule has 0 amide bonds. The minimum Gasteiger partial charge on any atom is -0.462 e.